The molecule has 0 radical (unpaired) electrons. The van der Waals surface area contributed by atoms with Gasteiger partial charge in [-0.25, -0.2) is 4.39 Å². The number of methoxy groups -OCH3 is 1. The minimum Gasteiger partial charge on any atom is -0.496 e. The molecule has 0 bridgehead atoms. The van der Waals surface area contributed by atoms with Gasteiger partial charge in [-0.3, -0.25) is 0 Å². The maximum absolute atomic E-state index is 13.3. The second kappa shape index (κ2) is 5.82. The maximum atomic E-state index is 13.3. The lowest BCUT2D eigenvalue weighted by Crippen LogP contribution is -2.11. The first-order chi connectivity index (χ1) is 8.58. The minimum absolute atomic E-state index is 0.146. The number of halogens is 2. The average molecular weight is 330 g/mol. The van der Waals surface area contributed by atoms with Crippen LogP contribution < -0.4 is 10.5 Å². The Balaban J connectivity index is 2.12. The summed E-state index contributed by atoms with van der Waals surface area (Å²) in [6.45, 7) is 0. The number of hydrogen-bond donors (Lipinski definition) is 1. The molecule has 96 valence electrons. The normalized spacial score (nSPS) is 12.4. The highest BCUT2D eigenvalue weighted by atomic mass is 79.9. The lowest BCUT2D eigenvalue weighted by atomic mass is 10.1. The Bertz CT molecular complexity index is 523. The molecule has 1 heterocycles. The van der Waals surface area contributed by atoms with Gasteiger partial charge in [-0.15, -0.1) is 11.3 Å². The predicted molar refractivity (Wildman–Crippen MR) is 75.6 cm³/mol. The molecule has 0 aliphatic rings. The third-order valence-electron chi connectivity index (χ3n) is 2.57. The molecule has 2 aromatic rings. The average Bonchev–Trinajstić information content (AvgIpc) is 2.75. The van der Waals surface area contributed by atoms with Crippen LogP contribution in [0.4, 0.5) is 4.39 Å². The van der Waals surface area contributed by atoms with Crippen molar-refractivity contribution < 1.29 is 9.13 Å². The Morgan fingerprint density at radius 2 is 2.17 bits per heavy atom. The largest absolute Gasteiger partial charge is 0.496 e. The van der Waals surface area contributed by atoms with Crippen LogP contribution >= 0.6 is 27.3 Å². The van der Waals surface area contributed by atoms with Gasteiger partial charge in [-0.2, -0.15) is 0 Å². The second-order valence-electron chi connectivity index (χ2n) is 3.98. The summed E-state index contributed by atoms with van der Waals surface area (Å²) in [7, 11) is 1.63. The zero-order chi connectivity index (χ0) is 13.1. The van der Waals surface area contributed by atoms with E-state index in [1.165, 1.54) is 12.1 Å². The molecular weight excluding hydrogens is 317 g/mol. The summed E-state index contributed by atoms with van der Waals surface area (Å²) in [5.74, 6) is 0.557. The van der Waals surface area contributed by atoms with E-state index in [4.69, 9.17) is 10.5 Å². The van der Waals surface area contributed by atoms with Crippen LogP contribution in [-0.2, 0) is 6.42 Å². The van der Waals surface area contributed by atoms with E-state index in [0.29, 0.717) is 6.42 Å². The fourth-order valence-electron chi connectivity index (χ4n) is 1.72. The van der Waals surface area contributed by atoms with Crippen molar-refractivity contribution in [2.45, 2.75) is 12.5 Å². The molecule has 1 aromatic carbocycles. The summed E-state index contributed by atoms with van der Waals surface area (Å²) in [6.07, 6.45) is 0.597. The third kappa shape index (κ3) is 3.31. The van der Waals surface area contributed by atoms with Gasteiger partial charge in [0.25, 0.3) is 0 Å². The highest BCUT2D eigenvalue weighted by molar-refractivity contribution is 9.10. The molecule has 1 unspecified atom stereocenters. The fraction of sp³-hybridized carbons (Fsp3) is 0.231. The van der Waals surface area contributed by atoms with E-state index >= 15 is 0 Å². The number of hydrogen-bond acceptors (Lipinski definition) is 3. The van der Waals surface area contributed by atoms with Gasteiger partial charge in [0.05, 0.1) is 7.11 Å². The topological polar surface area (TPSA) is 35.2 Å². The van der Waals surface area contributed by atoms with Crippen molar-refractivity contribution in [1.29, 1.82) is 0 Å². The van der Waals surface area contributed by atoms with E-state index < -0.39 is 0 Å². The number of thiophene rings is 1. The van der Waals surface area contributed by atoms with E-state index in [0.717, 1.165) is 20.7 Å². The summed E-state index contributed by atoms with van der Waals surface area (Å²) in [5.41, 5.74) is 6.99. The Hall–Kier alpha value is -0.910. The van der Waals surface area contributed by atoms with Gasteiger partial charge in [-0.1, -0.05) is 15.9 Å². The van der Waals surface area contributed by atoms with Crippen molar-refractivity contribution in [2.24, 2.45) is 5.73 Å². The zero-order valence-electron chi connectivity index (χ0n) is 9.82. The zero-order valence-corrected chi connectivity index (χ0v) is 12.2. The van der Waals surface area contributed by atoms with Gasteiger partial charge in [0.1, 0.15) is 11.6 Å². The van der Waals surface area contributed by atoms with Crippen molar-refractivity contribution in [1.82, 2.24) is 0 Å². The van der Waals surface area contributed by atoms with Gasteiger partial charge in [-0.05, 0) is 36.2 Å². The molecule has 0 amide bonds. The standard InChI is InChI=1S/C13H13BrFNOS/c1-17-11-6-13(18-7-11)12(16)4-8-2-9(14)5-10(15)3-8/h2-3,5-7,12H,4,16H2,1H3. The van der Waals surface area contributed by atoms with E-state index in [1.54, 1.807) is 18.4 Å². The molecule has 2 rings (SSSR count). The van der Waals surface area contributed by atoms with E-state index in [2.05, 4.69) is 15.9 Å². The van der Waals surface area contributed by atoms with Crippen LogP contribution in [0.3, 0.4) is 0 Å². The quantitative estimate of drug-likeness (QED) is 0.923. The molecule has 1 atom stereocenters. The first kappa shape index (κ1) is 13.5. The smallest absolute Gasteiger partial charge is 0.129 e. The SMILES string of the molecule is COc1csc(C(N)Cc2cc(F)cc(Br)c2)c1. The lowest BCUT2D eigenvalue weighted by molar-refractivity contribution is 0.416. The maximum Gasteiger partial charge on any atom is 0.129 e. The number of nitrogens with two attached hydrogens (primary N) is 1. The third-order valence-corrected chi connectivity index (χ3v) is 4.08. The molecule has 0 spiro atoms. The van der Waals surface area contributed by atoms with Crippen molar-refractivity contribution in [3.8, 4) is 5.75 Å². The molecule has 1 aromatic heterocycles. The van der Waals surface area contributed by atoms with Crippen LogP contribution in [0.2, 0.25) is 0 Å². The van der Waals surface area contributed by atoms with E-state index in [-0.39, 0.29) is 11.9 Å². The van der Waals surface area contributed by atoms with E-state index in [1.807, 2.05) is 17.5 Å². The minimum atomic E-state index is -0.254. The summed E-state index contributed by atoms with van der Waals surface area (Å²) >= 11 is 4.83. The van der Waals surface area contributed by atoms with Gasteiger partial charge >= 0.3 is 0 Å². The van der Waals surface area contributed by atoms with Crippen molar-refractivity contribution >= 4 is 27.3 Å². The Labute approximate surface area is 118 Å². The summed E-state index contributed by atoms with van der Waals surface area (Å²) in [4.78, 5) is 1.03. The van der Waals surface area contributed by atoms with Crippen LogP contribution in [0.25, 0.3) is 0 Å². The van der Waals surface area contributed by atoms with Gasteiger partial charge in [0.15, 0.2) is 0 Å². The van der Waals surface area contributed by atoms with Crippen LogP contribution in [-0.4, -0.2) is 7.11 Å². The number of rotatable bonds is 4. The summed E-state index contributed by atoms with van der Waals surface area (Å²) in [5, 5.41) is 1.91. The molecule has 2 nitrogen and oxygen atoms in total. The van der Waals surface area contributed by atoms with E-state index in [9.17, 15) is 4.39 Å². The van der Waals surface area contributed by atoms with Crippen LogP contribution in [0, 0.1) is 5.82 Å². The monoisotopic (exact) mass is 329 g/mol. The van der Waals surface area contributed by atoms with Crippen molar-refractivity contribution in [3.63, 3.8) is 0 Å². The Morgan fingerprint density at radius 1 is 1.39 bits per heavy atom. The molecule has 0 aliphatic heterocycles. The highest BCUT2D eigenvalue weighted by Gasteiger charge is 2.11. The first-order valence-electron chi connectivity index (χ1n) is 5.41. The summed E-state index contributed by atoms with van der Waals surface area (Å²) < 4.78 is 19.1. The molecule has 0 saturated carbocycles. The Morgan fingerprint density at radius 3 is 2.78 bits per heavy atom. The van der Waals surface area contributed by atoms with Gasteiger partial charge in [0, 0.05) is 20.8 Å². The molecule has 2 N–H and O–H groups in total. The van der Waals surface area contributed by atoms with Crippen molar-refractivity contribution in [2.75, 3.05) is 7.11 Å². The predicted octanol–water partition coefficient (Wildman–Crippen LogP) is 3.90. The molecular formula is C13H13BrFNOS. The number of benzene rings is 1. The van der Waals surface area contributed by atoms with Crippen molar-refractivity contribution in [3.05, 3.63) is 50.4 Å². The summed E-state index contributed by atoms with van der Waals surface area (Å²) in [6, 6.07) is 6.60. The molecule has 0 aliphatic carbocycles. The lowest BCUT2D eigenvalue weighted by Gasteiger charge is -2.10. The van der Waals surface area contributed by atoms with Crippen LogP contribution in [0.5, 0.6) is 5.75 Å². The van der Waals surface area contributed by atoms with Crippen LogP contribution in [0.1, 0.15) is 16.5 Å². The highest BCUT2D eigenvalue weighted by Crippen LogP contribution is 2.28. The molecule has 0 fully saturated rings. The van der Waals surface area contributed by atoms with Gasteiger partial charge < -0.3 is 10.5 Å². The molecule has 18 heavy (non-hydrogen) atoms. The molecule has 0 saturated heterocycles. The number of ether oxygens (including phenoxy) is 1. The van der Waals surface area contributed by atoms with Gasteiger partial charge in [0.2, 0.25) is 0 Å². The Kier molecular flexibility index (Phi) is 4.37. The fourth-order valence-corrected chi connectivity index (χ4v) is 3.09. The molecule has 5 heteroatoms. The van der Waals surface area contributed by atoms with Crippen LogP contribution in [0.15, 0.2) is 34.1 Å². The first-order valence-corrected chi connectivity index (χ1v) is 7.08. The second-order valence-corrected chi connectivity index (χ2v) is 5.84.